The van der Waals surface area contributed by atoms with Gasteiger partial charge in [0, 0.05) is 30.8 Å². The van der Waals surface area contributed by atoms with E-state index < -0.39 is 4.92 Å². The van der Waals surface area contributed by atoms with Crippen LogP contribution in [0.25, 0.3) is 0 Å². The maximum atomic E-state index is 10.7. The van der Waals surface area contributed by atoms with Gasteiger partial charge in [-0.2, -0.15) is 0 Å². The molecule has 0 aliphatic heterocycles. The molecule has 1 aromatic carbocycles. The molecule has 0 spiro atoms. The number of aliphatic hydroxyl groups is 1. The van der Waals surface area contributed by atoms with Gasteiger partial charge in [0.25, 0.3) is 5.69 Å². The Bertz CT molecular complexity index is 382. The zero-order chi connectivity index (χ0) is 12.7. The molecule has 0 bridgehead atoms. The van der Waals surface area contributed by atoms with Crippen molar-refractivity contribution in [2.45, 2.75) is 13.5 Å². The molecule has 2 N–H and O–H groups in total. The summed E-state index contributed by atoms with van der Waals surface area (Å²) >= 11 is 0. The van der Waals surface area contributed by atoms with Gasteiger partial charge < -0.3 is 15.2 Å². The minimum absolute atomic E-state index is 0.0267. The highest BCUT2D eigenvalue weighted by molar-refractivity contribution is 5.43. The molecule has 0 aromatic heterocycles. The number of ether oxygens (including phenoxy) is 1. The van der Waals surface area contributed by atoms with Crippen LogP contribution >= 0.6 is 0 Å². The second-order valence-corrected chi connectivity index (χ2v) is 3.38. The van der Waals surface area contributed by atoms with Crippen molar-refractivity contribution in [2.75, 3.05) is 19.8 Å². The molecular weight excluding hydrogens is 224 g/mol. The Morgan fingerprint density at radius 2 is 2.29 bits per heavy atom. The average molecular weight is 240 g/mol. The summed E-state index contributed by atoms with van der Waals surface area (Å²) in [6, 6.07) is 4.49. The number of aliphatic hydroxyl groups excluding tert-OH is 1. The van der Waals surface area contributed by atoms with Crippen molar-refractivity contribution in [3.63, 3.8) is 0 Å². The summed E-state index contributed by atoms with van der Waals surface area (Å²) in [5, 5.41) is 22.3. The lowest BCUT2D eigenvalue weighted by molar-refractivity contribution is -0.384. The molecule has 94 valence electrons. The van der Waals surface area contributed by atoms with E-state index in [9.17, 15) is 10.1 Å². The largest absolute Gasteiger partial charge is 0.494 e. The summed E-state index contributed by atoms with van der Waals surface area (Å²) in [5.41, 5.74) is 0.753. The van der Waals surface area contributed by atoms with Crippen LogP contribution in [-0.4, -0.2) is 29.8 Å². The maximum absolute atomic E-state index is 10.7. The fraction of sp³-hybridized carbons (Fsp3) is 0.455. The molecule has 0 saturated carbocycles. The number of nitrogens with zero attached hydrogens (tertiary/aromatic N) is 1. The second-order valence-electron chi connectivity index (χ2n) is 3.38. The van der Waals surface area contributed by atoms with Crippen LogP contribution in [0.5, 0.6) is 5.75 Å². The third-order valence-corrected chi connectivity index (χ3v) is 2.16. The molecule has 1 aromatic rings. The van der Waals surface area contributed by atoms with Crippen LogP contribution in [0.2, 0.25) is 0 Å². The Hall–Kier alpha value is -1.66. The quantitative estimate of drug-likeness (QED) is 0.423. The lowest BCUT2D eigenvalue weighted by Crippen LogP contribution is -2.18. The van der Waals surface area contributed by atoms with Crippen molar-refractivity contribution in [3.8, 4) is 5.75 Å². The molecule has 1 rings (SSSR count). The molecule has 0 amide bonds. The van der Waals surface area contributed by atoms with Gasteiger partial charge in [-0.3, -0.25) is 10.1 Å². The smallest absolute Gasteiger partial charge is 0.270 e. The summed E-state index contributed by atoms with van der Waals surface area (Å²) in [7, 11) is 0. The SMILES string of the molecule is CCOc1ccc([N+](=O)[O-])cc1CNCCO. The number of rotatable bonds is 7. The predicted molar refractivity (Wildman–Crippen MR) is 63.1 cm³/mol. The molecule has 0 radical (unpaired) electrons. The molecule has 0 fully saturated rings. The Labute approximate surface area is 99.4 Å². The van der Waals surface area contributed by atoms with Gasteiger partial charge in [0.15, 0.2) is 0 Å². The van der Waals surface area contributed by atoms with E-state index in [1.165, 1.54) is 12.1 Å². The zero-order valence-electron chi connectivity index (χ0n) is 9.68. The van der Waals surface area contributed by atoms with Gasteiger partial charge in [-0.25, -0.2) is 0 Å². The number of hydrogen-bond acceptors (Lipinski definition) is 5. The van der Waals surface area contributed by atoms with E-state index in [0.29, 0.717) is 25.4 Å². The Kier molecular flexibility index (Phi) is 5.38. The first-order valence-electron chi connectivity index (χ1n) is 5.40. The first-order chi connectivity index (χ1) is 8.19. The van der Waals surface area contributed by atoms with Crippen molar-refractivity contribution in [2.24, 2.45) is 0 Å². The van der Waals surface area contributed by atoms with Crippen molar-refractivity contribution in [1.82, 2.24) is 5.32 Å². The topological polar surface area (TPSA) is 84.6 Å². The summed E-state index contributed by atoms with van der Waals surface area (Å²) in [6.07, 6.45) is 0. The molecular formula is C11H16N2O4. The minimum atomic E-state index is -0.439. The normalized spacial score (nSPS) is 10.2. The first-order valence-corrected chi connectivity index (χ1v) is 5.40. The fourth-order valence-electron chi connectivity index (χ4n) is 1.42. The highest BCUT2D eigenvalue weighted by Crippen LogP contribution is 2.24. The van der Waals surface area contributed by atoms with E-state index in [4.69, 9.17) is 9.84 Å². The second kappa shape index (κ2) is 6.82. The molecule has 6 heteroatoms. The van der Waals surface area contributed by atoms with Crippen LogP contribution in [-0.2, 0) is 6.54 Å². The maximum Gasteiger partial charge on any atom is 0.270 e. The van der Waals surface area contributed by atoms with Crippen molar-refractivity contribution in [3.05, 3.63) is 33.9 Å². The molecule has 6 nitrogen and oxygen atoms in total. The van der Waals surface area contributed by atoms with Crippen LogP contribution < -0.4 is 10.1 Å². The third-order valence-electron chi connectivity index (χ3n) is 2.16. The third kappa shape index (κ3) is 4.01. The molecule has 17 heavy (non-hydrogen) atoms. The number of benzene rings is 1. The van der Waals surface area contributed by atoms with Crippen LogP contribution in [0.1, 0.15) is 12.5 Å². The first kappa shape index (κ1) is 13.4. The Balaban J connectivity index is 2.86. The number of nitro groups is 1. The number of non-ortho nitro benzene ring substituents is 1. The predicted octanol–water partition coefficient (Wildman–Crippen LogP) is 1.08. The van der Waals surface area contributed by atoms with Gasteiger partial charge in [0.05, 0.1) is 18.1 Å². The summed E-state index contributed by atoms with van der Waals surface area (Å²) in [4.78, 5) is 10.2. The highest BCUT2D eigenvalue weighted by Gasteiger charge is 2.11. The van der Waals surface area contributed by atoms with Crippen LogP contribution in [0.15, 0.2) is 18.2 Å². The van der Waals surface area contributed by atoms with Gasteiger partial charge in [-0.05, 0) is 13.0 Å². The van der Waals surface area contributed by atoms with Crippen LogP contribution in [0, 0.1) is 10.1 Å². The van der Waals surface area contributed by atoms with E-state index in [2.05, 4.69) is 5.32 Å². The van der Waals surface area contributed by atoms with Crippen molar-refractivity contribution >= 4 is 5.69 Å². The molecule has 0 heterocycles. The highest BCUT2D eigenvalue weighted by atomic mass is 16.6. The van der Waals surface area contributed by atoms with Gasteiger partial charge in [-0.15, -0.1) is 0 Å². The Morgan fingerprint density at radius 3 is 2.88 bits per heavy atom. The van der Waals surface area contributed by atoms with E-state index in [1.54, 1.807) is 6.07 Å². The van der Waals surface area contributed by atoms with Crippen LogP contribution in [0.3, 0.4) is 0 Å². The summed E-state index contributed by atoms with van der Waals surface area (Å²) in [5.74, 6) is 0.628. The summed E-state index contributed by atoms with van der Waals surface area (Å²) in [6.45, 7) is 3.25. The average Bonchev–Trinajstić information content (AvgIpc) is 2.31. The van der Waals surface area contributed by atoms with Gasteiger partial charge in [-0.1, -0.05) is 0 Å². The van der Waals surface area contributed by atoms with Gasteiger partial charge >= 0.3 is 0 Å². The molecule has 0 unspecified atom stereocenters. The zero-order valence-corrected chi connectivity index (χ0v) is 9.68. The number of nitrogens with one attached hydrogen (secondary N) is 1. The van der Waals surface area contributed by atoms with E-state index in [-0.39, 0.29) is 12.3 Å². The molecule has 0 atom stereocenters. The fourth-order valence-corrected chi connectivity index (χ4v) is 1.42. The molecule has 0 saturated heterocycles. The Morgan fingerprint density at radius 1 is 1.53 bits per heavy atom. The monoisotopic (exact) mass is 240 g/mol. The number of hydrogen-bond donors (Lipinski definition) is 2. The standard InChI is InChI=1S/C11H16N2O4/c1-2-17-11-4-3-10(13(15)16)7-9(11)8-12-5-6-14/h3-4,7,12,14H,2,5-6,8H2,1H3. The lowest BCUT2D eigenvalue weighted by Gasteiger charge is -2.10. The van der Waals surface area contributed by atoms with Gasteiger partial charge in [0.2, 0.25) is 0 Å². The van der Waals surface area contributed by atoms with Crippen molar-refractivity contribution in [1.29, 1.82) is 0 Å². The molecule has 0 aliphatic rings. The van der Waals surface area contributed by atoms with E-state index in [0.717, 1.165) is 5.56 Å². The van der Waals surface area contributed by atoms with Crippen molar-refractivity contribution < 1.29 is 14.8 Å². The minimum Gasteiger partial charge on any atom is -0.494 e. The van der Waals surface area contributed by atoms with E-state index >= 15 is 0 Å². The van der Waals surface area contributed by atoms with Gasteiger partial charge in [0.1, 0.15) is 5.75 Å². The summed E-state index contributed by atoms with van der Waals surface area (Å²) < 4.78 is 5.38. The van der Waals surface area contributed by atoms with Crippen LogP contribution in [0.4, 0.5) is 5.69 Å². The van der Waals surface area contributed by atoms with E-state index in [1.807, 2.05) is 6.92 Å². The molecule has 0 aliphatic carbocycles. The lowest BCUT2D eigenvalue weighted by atomic mass is 10.1. The number of nitro benzene ring substituents is 1.